The Kier molecular flexibility index (Phi) is 4.05. The summed E-state index contributed by atoms with van der Waals surface area (Å²) in [6.45, 7) is -3.24. The summed E-state index contributed by atoms with van der Waals surface area (Å²) in [7, 11) is -3.84. The van der Waals surface area contributed by atoms with Gasteiger partial charge in [-0.3, -0.25) is 4.79 Å². The lowest BCUT2D eigenvalue weighted by Crippen LogP contribution is -2.09. The molecular formula is C9H7ClF2O4S. The van der Waals surface area contributed by atoms with Crippen molar-refractivity contribution >= 4 is 27.7 Å². The van der Waals surface area contributed by atoms with E-state index < -0.39 is 27.1 Å². The Morgan fingerprint density at radius 2 is 2.00 bits per heavy atom. The number of hydrogen-bond donors (Lipinski definition) is 0. The number of halogens is 3. The highest BCUT2D eigenvalue weighted by molar-refractivity contribution is 7.90. The first-order valence-electron chi connectivity index (χ1n) is 4.19. The third-order valence-electron chi connectivity index (χ3n) is 1.78. The van der Waals surface area contributed by atoms with Crippen molar-refractivity contribution in [1.29, 1.82) is 0 Å². The van der Waals surface area contributed by atoms with Crippen LogP contribution >= 0.6 is 11.6 Å². The number of rotatable bonds is 4. The van der Waals surface area contributed by atoms with Crippen LogP contribution in [0, 0.1) is 0 Å². The second-order valence-electron chi connectivity index (χ2n) is 3.09. The van der Waals surface area contributed by atoms with Gasteiger partial charge in [0.2, 0.25) is 0 Å². The molecule has 4 nitrogen and oxygen atoms in total. The zero-order valence-corrected chi connectivity index (χ0v) is 10.1. The topological polar surface area (TPSA) is 60.4 Å². The number of benzene rings is 1. The normalized spacial score (nSPS) is 11.6. The van der Waals surface area contributed by atoms with Gasteiger partial charge >= 0.3 is 6.61 Å². The van der Waals surface area contributed by atoms with Gasteiger partial charge in [0.15, 0.2) is 21.9 Å². The molecule has 0 saturated heterocycles. The average molecular weight is 285 g/mol. The maximum absolute atomic E-state index is 12.1. The molecule has 1 aromatic carbocycles. The second kappa shape index (κ2) is 4.97. The molecule has 0 bridgehead atoms. The molecule has 0 atom stereocenters. The number of aldehydes is 1. The van der Waals surface area contributed by atoms with Crippen LogP contribution in [-0.4, -0.2) is 27.6 Å². The van der Waals surface area contributed by atoms with Crippen molar-refractivity contribution in [2.45, 2.75) is 11.5 Å². The van der Waals surface area contributed by atoms with Gasteiger partial charge < -0.3 is 4.74 Å². The van der Waals surface area contributed by atoms with Crippen LogP contribution < -0.4 is 4.74 Å². The van der Waals surface area contributed by atoms with E-state index in [1.807, 2.05) is 0 Å². The van der Waals surface area contributed by atoms with Gasteiger partial charge in [-0.25, -0.2) is 8.42 Å². The maximum atomic E-state index is 12.1. The van der Waals surface area contributed by atoms with Crippen molar-refractivity contribution in [3.05, 3.63) is 22.7 Å². The standard InChI is InChI=1S/C9H7ClF2O4S/c1-17(14,15)7-3-6(10)2-5(4-13)8(7)16-9(11)12/h2-4,9H,1H3. The van der Waals surface area contributed by atoms with Crippen molar-refractivity contribution in [2.24, 2.45) is 0 Å². The van der Waals surface area contributed by atoms with E-state index in [4.69, 9.17) is 11.6 Å². The summed E-state index contributed by atoms with van der Waals surface area (Å²) in [6.07, 6.45) is 0.990. The van der Waals surface area contributed by atoms with Crippen LogP contribution in [-0.2, 0) is 9.84 Å². The minimum atomic E-state index is -3.84. The zero-order valence-electron chi connectivity index (χ0n) is 8.48. The third-order valence-corrected chi connectivity index (χ3v) is 3.10. The van der Waals surface area contributed by atoms with Crippen LogP contribution in [0.25, 0.3) is 0 Å². The number of alkyl halides is 2. The number of carbonyl (C=O) groups excluding carboxylic acids is 1. The number of hydrogen-bond acceptors (Lipinski definition) is 4. The maximum Gasteiger partial charge on any atom is 0.387 e. The molecule has 0 radical (unpaired) electrons. The van der Waals surface area contributed by atoms with Gasteiger partial charge in [0.05, 0.1) is 5.56 Å². The van der Waals surface area contributed by atoms with Crippen molar-refractivity contribution in [1.82, 2.24) is 0 Å². The number of sulfone groups is 1. The second-order valence-corrected chi connectivity index (χ2v) is 5.51. The molecule has 8 heteroatoms. The highest BCUT2D eigenvalue weighted by Crippen LogP contribution is 2.32. The molecule has 1 aromatic rings. The van der Waals surface area contributed by atoms with E-state index in [1.54, 1.807) is 0 Å². The van der Waals surface area contributed by atoms with Gasteiger partial charge in [-0.05, 0) is 12.1 Å². The lowest BCUT2D eigenvalue weighted by atomic mass is 10.2. The number of carbonyl (C=O) groups is 1. The molecule has 0 aliphatic carbocycles. The SMILES string of the molecule is CS(=O)(=O)c1cc(Cl)cc(C=O)c1OC(F)F. The summed E-state index contributed by atoms with van der Waals surface area (Å²) in [6, 6.07) is 1.99. The van der Waals surface area contributed by atoms with Gasteiger partial charge in [0.25, 0.3) is 0 Å². The summed E-state index contributed by atoms with van der Waals surface area (Å²) >= 11 is 5.58. The largest absolute Gasteiger partial charge is 0.433 e. The van der Waals surface area contributed by atoms with E-state index in [0.717, 1.165) is 18.4 Å². The molecule has 1 rings (SSSR count). The van der Waals surface area contributed by atoms with Gasteiger partial charge in [-0.2, -0.15) is 8.78 Å². The zero-order chi connectivity index (χ0) is 13.2. The summed E-state index contributed by atoms with van der Waals surface area (Å²) in [5, 5.41) is -0.0610. The minimum Gasteiger partial charge on any atom is -0.433 e. The summed E-state index contributed by atoms with van der Waals surface area (Å²) in [5.41, 5.74) is -0.349. The molecule has 0 heterocycles. The Hall–Kier alpha value is -1.21. The summed E-state index contributed by atoms with van der Waals surface area (Å²) in [4.78, 5) is 10.1. The van der Waals surface area contributed by atoms with E-state index in [9.17, 15) is 22.0 Å². The Morgan fingerprint density at radius 3 is 2.41 bits per heavy atom. The molecule has 0 spiro atoms. The summed E-state index contributed by atoms with van der Waals surface area (Å²) in [5.74, 6) is -0.693. The van der Waals surface area contributed by atoms with Crippen LogP contribution in [0.15, 0.2) is 17.0 Å². The van der Waals surface area contributed by atoms with Gasteiger partial charge in [0, 0.05) is 11.3 Å². The fourth-order valence-electron chi connectivity index (χ4n) is 1.17. The first-order chi connectivity index (χ1) is 7.75. The van der Waals surface area contributed by atoms with Gasteiger partial charge in [-0.15, -0.1) is 0 Å². The molecule has 0 saturated carbocycles. The van der Waals surface area contributed by atoms with Crippen LogP contribution in [0.4, 0.5) is 8.78 Å². The lowest BCUT2D eigenvalue weighted by Gasteiger charge is -2.12. The van der Waals surface area contributed by atoms with Crippen LogP contribution in [0.3, 0.4) is 0 Å². The Bertz CT molecular complexity index is 542. The van der Waals surface area contributed by atoms with Crippen molar-refractivity contribution in [3.8, 4) is 5.75 Å². The Balaban J connectivity index is 3.55. The first-order valence-corrected chi connectivity index (χ1v) is 6.46. The van der Waals surface area contributed by atoms with E-state index in [0.29, 0.717) is 0 Å². The van der Waals surface area contributed by atoms with Crippen LogP contribution in [0.5, 0.6) is 5.75 Å². The van der Waals surface area contributed by atoms with E-state index in [1.165, 1.54) is 0 Å². The first kappa shape index (κ1) is 13.9. The Morgan fingerprint density at radius 1 is 1.41 bits per heavy atom. The van der Waals surface area contributed by atoms with Gasteiger partial charge in [0.1, 0.15) is 4.90 Å². The van der Waals surface area contributed by atoms with Crippen LogP contribution in [0.2, 0.25) is 5.02 Å². The molecule has 17 heavy (non-hydrogen) atoms. The van der Waals surface area contributed by atoms with Crippen molar-refractivity contribution in [2.75, 3.05) is 6.26 Å². The summed E-state index contributed by atoms with van der Waals surface area (Å²) < 4.78 is 51.0. The number of ether oxygens (including phenoxy) is 1. The fraction of sp³-hybridized carbons (Fsp3) is 0.222. The molecule has 0 aromatic heterocycles. The van der Waals surface area contributed by atoms with Crippen molar-refractivity contribution in [3.63, 3.8) is 0 Å². The van der Waals surface area contributed by atoms with E-state index in [2.05, 4.69) is 4.74 Å². The molecule has 0 unspecified atom stereocenters. The van der Waals surface area contributed by atoms with E-state index in [-0.39, 0.29) is 16.9 Å². The molecule has 94 valence electrons. The minimum absolute atomic E-state index is 0.0610. The van der Waals surface area contributed by atoms with E-state index >= 15 is 0 Å². The van der Waals surface area contributed by atoms with Crippen LogP contribution in [0.1, 0.15) is 10.4 Å². The highest BCUT2D eigenvalue weighted by Gasteiger charge is 2.22. The smallest absolute Gasteiger partial charge is 0.387 e. The predicted molar refractivity (Wildman–Crippen MR) is 56.6 cm³/mol. The fourth-order valence-corrected chi connectivity index (χ4v) is 2.30. The monoisotopic (exact) mass is 284 g/mol. The molecule has 0 N–H and O–H groups in total. The highest BCUT2D eigenvalue weighted by atomic mass is 35.5. The predicted octanol–water partition coefficient (Wildman–Crippen LogP) is 2.16. The van der Waals surface area contributed by atoms with Crippen molar-refractivity contribution < 1.29 is 26.7 Å². The molecule has 0 amide bonds. The lowest BCUT2D eigenvalue weighted by molar-refractivity contribution is -0.0519. The molecule has 0 aliphatic rings. The quantitative estimate of drug-likeness (QED) is 0.795. The Labute approximate surface area is 101 Å². The molecule has 0 aliphatic heterocycles. The third kappa shape index (κ3) is 3.37. The average Bonchev–Trinajstić information content (AvgIpc) is 2.17. The molecular weight excluding hydrogens is 278 g/mol. The molecule has 0 fully saturated rings. The van der Waals surface area contributed by atoms with Gasteiger partial charge in [-0.1, -0.05) is 11.6 Å².